The molecule has 1 unspecified atom stereocenters. The molecule has 2 saturated heterocycles. The summed E-state index contributed by atoms with van der Waals surface area (Å²) in [4.78, 5) is 72.6. The molecule has 7 rings (SSSR count). The first-order valence-corrected chi connectivity index (χ1v) is 16.5. The van der Waals surface area contributed by atoms with Crippen LogP contribution in [0.4, 0.5) is 5.82 Å². The Morgan fingerprint density at radius 3 is 2.29 bits per heavy atom. The average molecular weight is 689 g/mol. The van der Waals surface area contributed by atoms with Crippen LogP contribution in [0.2, 0.25) is 0 Å². The normalized spacial score (nSPS) is 17.5. The van der Waals surface area contributed by atoms with Crippen LogP contribution in [0.15, 0.2) is 53.6 Å². The lowest BCUT2D eigenvalue weighted by atomic mass is 9.96. The number of benzene rings is 2. The maximum Gasteiger partial charge on any atom is 0.262 e. The second-order valence-corrected chi connectivity index (χ2v) is 13.2. The molecule has 3 aliphatic heterocycles. The number of hydrogen-bond acceptors (Lipinski definition) is 10. The monoisotopic (exact) mass is 688 g/mol. The number of carbonyl (C=O) groups excluding carboxylic acids is 4. The van der Waals surface area contributed by atoms with Gasteiger partial charge in [0, 0.05) is 82.0 Å². The SMILES string of the molecule is COc1cc(-c2cn(C)c(=O)c3cnc(N(C)C)cc23)cc(OC)c1CN1CC(C#Cc2ccc3c(c2)C(=O)N(C2CCC(=O)NC2=O)C3=O)C1. The van der Waals surface area contributed by atoms with E-state index in [1.165, 1.54) is 0 Å². The zero-order chi connectivity index (χ0) is 36.1. The Morgan fingerprint density at radius 2 is 1.63 bits per heavy atom. The third-order valence-corrected chi connectivity index (χ3v) is 9.63. The highest BCUT2D eigenvalue weighted by atomic mass is 16.5. The van der Waals surface area contributed by atoms with Crippen molar-refractivity contribution < 1.29 is 28.7 Å². The van der Waals surface area contributed by atoms with E-state index >= 15 is 0 Å². The zero-order valence-electron chi connectivity index (χ0n) is 28.9. The molecule has 13 heteroatoms. The molecular formula is C38H36N6O7. The van der Waals surface area contributed by atoms with Gasteiger partial charge in [-0.05, 0) is 48.4 Å². The summed E-state index contributed by atoms with van der Waals surface area (Å²) in [6.45, 7) is 1.98. The number of fused-ring (bicyclic) bond motifs is 2. The number of imide groups is 2. The van der Waals surface area contributed by atoms with E-state index in [0.29, 0.717) is 42.1 Å². The molecule has 0 saturated carbocycles. The highest BCUT2D eigenvalue weighted by Gasteiger charge is 2.44. The molecular weight excluding hydrogens is 652 g/mol. The van der Waals surface area contributed by atoms with Crippen molar-refractivity contribution in [3.63, 3.8) is 0 Å². The van der Waals surface area contributed by atoms with Crippen molar-refractivity contribution >= 4 is 40.2 Å². The van der Waals surface area contributed by atoms with Crippen molar-refractivity contribution in [2.24, 2.45) is 13.0 Å². The molecule has 4 aromatic rings. The van der Waals surface area contributed by atoms with Crippen molar-refractivity contribution in [2.45, 2.75) is 25.4 Å². The van der Waals surface area contributed by atoms with Gasteiger partial charge in [0.05, 0.1) is 36.3 Å². The summed E-state index contributed by atoms with van der Waals surface area (Å²) in [5.74, 6) is 6.40. The fourth-order valence-corrected chi connectivity index (χ4v) is 6.87. The molecule has 1 atom stereocenters. The molecule has 3 aliphatic rings. The number of methoxy groups -OCH3 is 2. The summed E-state index contributed by atoms with van der Waals surface area (Å²) in [5.41, 5.74) is 3.47. The van der Waals surface area contributed by atoms with E-state index in [4.69, 9.17) is 9.47 Å². The minimum Gasteiger partial charge on any atom is -0.496 e. The number of aryl methyl sites for hydroxylation is 1. The van der Waals surface area contributed by atoms with E-state index in [2.05, 4.69) is 27.0 Å². The van der Waals surface area contributed by atoms with Crippen LogP contribution >= 0.6 is 0 Å². The minimum atomic E-state index is -1.01. The topological polar surface area (TPSA) is 143 Å². The quantitative estimate of drug-likeness (QED) is 0.227. The zero-order valence-corrected chi connectivity index (χ0v) is 28.9. The number of nitrogens with one attached hydrogen (secondary N) is 1. The molecule has 1 N–H and O–H groups in total. The van der Waals surface area contributed by atoms with E-state index in [1.54, 1.807) is 50.2 Å². The number of amides is 4. The van der Waals surface area contributed by atoms with Gasteiger partial charge >= 0.3 is 0 Å². The summed E-state index contributed by atoms with van der Waals surface area (Å²) in [6, 6.07) is 9.68. The predicted octanol–water partition coefficient (Wildman–Crippen LogP) is 2.57. The van der Waals surface area contributed by atoms with Crippen LogP contribution in [0, 0.1) is 17.8 Å². The number of likely N-dealkylation sites (tertiary alicyclic amines) is 1. The maximum atomic E-state index is 13.2. The van der Waals surface area contributed by atoms with Gasteiger partial charge in [0.1, 0.15) is 23.4 Å². The molecule has 2 aromatic carbocycles. The van der Waals surface area contributed by atoms with Gasteiger partial charge in [-0.25, -0.2) is 4.98 Å². The number of piperidine rings is 1. The van der Waals surface area contributed by atoms with Gasteiger partial charge in [-0.15, -0.1) is 0 Å². The third-order valence-electron chi connectivity index (χ3n) is 9.63. The Bertz CT molecular complexity index is 2250. The summed E-state index contributed by atoms with van der Waals surface area (Å²) in [5, 5.41) is 3.51. The number of aromatic nitrogens is 2. The Kier molecular flexibility index (Phi) is 8.56. The smallest absolute Gasteiger partial charge is 0.262 e. The Labute approximate surface area is 293 Å². The van der Waals surface area contributed by atoms with Crippen LogP contribution in [-0.2, 0) is 23.2 Å². The van der Waals surface area contributed by atoms with Crippen LogP contribution in [0.3, 0.4) is 0 Å². The van der Waals surface area contributed by atoms with Crippen LogP contribution in [0.25, 0.3) is 21.9 Å². The second kappa shape index (κ2) is 13.0. The molecule has 0 radical (unpaired) electrons. The van der Waals surface area contributed by atoms with Crippen LogP contribution in [0.1, 0.15) is 44.7 Å². The van der Waals surface area contributed by atoms with E-state index in [1.807, 2.05) is 43.4 Å². The van der Waals surface area contributed by atoms with Gasteiger partial charge in [0.15, 0.2) is 0 Å². The number of ether oxygens (including phenoxy) is 2. The molecule has 13 nitrogen and oxygen atoms in total. The molecule has 4 amide bonds. The van der Waals surface area contributed by atoms with Gasteiger partial charge in [-0.1, -0.05) is 11.8 Å². The highest BCUT2D eigenvalue weighted by molar-refractivity contribution is 6.23. The van der Waals surface area contributed by atoms with Gasteiger partial charge in [-0.3, -0.25) is 39.1 Å². The lowest BCUT2D eigenvalue weighted by Gasteiger charge is -2.37. The van der Waals surface area contributed by atoms with Crippen molar-refractivity contribution in [3.8, 4) is 34.5 Å². The fraction of sp³-hybridized carbons (Fsp3) is 0.316. The fourth-order valence-electron chi connectivity index (χ4n) is 6.87. The first-order valence-electron chi connectivity index (χ1n) is 16.5. The maximum absolute atomic E-state index is 13.2. The van der Waals surface area contributed by atoms with Gasteiger partial charge in [-0.2, -0.15) is 0 Å². The minimum absolute atomic E-state index is 0.0637. The first kappa shape index (κ1) is 33.5. The van der Waals surface area contributed by atoms with Crippen molar-refractivity contribution in [1.82, 2.24) is 24.7 Å². The third kappa shape index (κ3) is 5.97. The lowest BCUT2D eigenvalue weighted by Crippen LogP contribution is -2.54. The van der Waals surface area contributed by atoms with Crippen LogP contribution in [-0.4, -0.2) is 90.4 Å². The average Bonchev–Trinajstić information content (AvgIpc) is 3.34. The standard InChI is InChI=1S/C38H36N6O7/c1-41(2)33-15-25-27(16-39-33)36(47)42(3)19-28(25)23-13-31(50-4)29(32(14-23)51-5)20-43-17-22(18-43)7-6-21-8-9-24-26(12-21)38(49)44(37(24)48)30-10-11-34(45)40-35(30)46/h8-9,12-16,19,22,30H,10-11,17-18,20H2,1-5H3,(H,40,45,46). The summed E-state index contributed by atoms with van der Waals surface area (Å²) < 4.78 is 13.3. The number of hydrogen-bond donors (Lipinski definition) is 1. The van der Waals surface area contributed by atoms with E-state index in [0.717, 1.165) is 32.8 Å². The first-order chi connectivity index (χ1) is 24.5. The van der Waals surface area contributed by atoms with Gasteiger partial charge < -0.3 is 18.9 Å². The number of nitrogens with zero attached hydrogens (tertiary/aromatic N) is 5. The Hall–Kier alpha value is -6.00. The van der Waals surface area contributed by atoms with Gasteiger partial charge in [0.25, 0.3) is 17.4 Å². The number of carbonyl (C=O) groups is 4. The van der Waals surface area contributed by atoms with Crippen molar-refractivity contribution in [1.29, 1.82) is 0 Å². The largest absolute Gasteiger partial charge is 0.496 e. The lowest BCUT2D eigenvalue weighted by molar-refractivity contribution is -0.136. The summed E-state index contributed by atoms with van der Waals surface area (Å²) in [6.07, 6.45) is 3.60. The van der Waals surface area contributed by atoms with E-state index in [-0.39, 0.29) is 35.4 Å². The highest BCUT2D eigenvalue weighted by Crippen LogP contribution is 2.39. The molecule has 260 valence electrons. The van der Waals surface area contributed by atoms with Gasteiger partial charge in [0.2, 0.25) is 11.8 Å². The molecule has 5 heterocycles. The molecule has 2 aromatic heterocycles. The summed E-state index contributed by atoms with van der Waals surface area (Å²) >= 11 is 0. The van der Waals surface area contributed by atoms with E-state index in [9.17, 15) is 24.0 Å². The van der Waals surface area contributed by atoms with Crippen LogP contribution in [0.5, 0.6) is 11.5 Å². The number of rotatable bonds is 7. The Morgan fingerprint density at radius 1 is 0.922 bits per heavy atom. The van der Waals surface area contributed by atoms with E-state index < -0.39 is 29.7 Å². The molecule has 0 aliphatic carbocycles. The number of anilines is 1. The second-order valence-electron chi connectivity index (χ2n) is 13.2. The molecule has 51 heavy (non-hydrogen) atoms. The number of pyridine rings is 2. The van der Waals surface area contributed by atoms with Crippen molar-refractivity contribution in [3.05, 3.63) is 81.4 Å². The van der Waals surface area contributed by atoms with Crippen LogP contribution < -0.4 is 25.2 Å². The molecule has 0 bridgehead atoms. The predicted molar refractivity (Wildman–Crippen MR) is 189 cm³/mol. The summed E-state index contributed by atoms with van der Waals surface area (Å²) in [7, 11) is 8.77. The molecule has 0 spiro atoms. The van der Waals surface area contributed by atoms with Crippen molar-refractivity contribution in [2.75, 3.05) is 46.3 Å². The molecule has 2 fully saturated rings. The Balaban J connectivity index is 1.07.